The number of nitrogens with one attached hydrogen (secondary N) is 1. The quantitative estimate of drug-likeness (QED) is 0.450. The minimum Gasteiger partial charge on any atom is -0.466 e. The largest absolute Gasteiger partial charge is 0.466 e. The van der Waals surface area contributed by atoms with Crippen LogP contribution in [-0.2, 0) is 14.3 Å². The second kappa shape index (κ2) is 9.45. The normalized spacial score (nSPS) is 9.73. The van der Waals surface area contributed by atoms with Crippen molar-refractivity contribution in [1.82, 2.24) is 5.32 Å². The van der Waals surface area contributed by atoms with Gasteiger partial charge in [-0.15, -0.1) is 0 Å². The van der Waals surface area contributed by atoms with Crippen molar-refractivity contribution in [3.8, 4) is 0 Å². The molecule has 0 aliphatic rings. The number of ether oxygens (including phenoxy) is 1. The lowest BCUT2D eigenvalue weighted by atomic mass is 10.3. The van der Waals surface area contributed by atoms with E-state index in [1.807, 2.05) is 0 Å². The first kappa shape index (κ1) is 13.9. The number of unbranched alkanes of at least 4 members (excludes halogenated alkanes) is 1. The molecule has 0 saturated heterocycles. The average molecular weight is 217 g/mol. The number of amides is 1. The van der Waals surface area contributed by atoms with E-state index in [0.717, 1.165) is 6.42 Å². The Hall–Kier alpha value is -1.10. The van der Waals surface area contributed by atoms with Gasteiger partial charge in [0, 0.05) is 19.6 Å². The van der Waals surface area contributed by atoms with Crippen LogP contribution in [0.5, 0.6) is 0 Å². The van der Waals surface area contributed by atoms with Gasteiger partial charge in [-0.05, 0) is 19.8 Å². The molecule has 2 N–H and O–H groups in total. The van der Waals surface area contributed by atoms with E-state index < -0.39 is 0 Å². The van der Waals surface area contributed by atoms with Crippen molar-refractivity contribution >= 4 is 11.9 Å². The first-order chi connectivity index (χ1) is 7.20. The molecule has 0 saturated carbocycles. The fraction of sp³-hybridized carbons (Fsp3) is 0.800. The van der Waals surface area contributed by atoms with Crippen molar-refractivity contribution in [2.75, 3.05) is 19.8 Å². The van der Waals surface area contributed by atoms with E-state index in [-0.39, 0.29) is 31.3 Å². The number of carbonyl (C=O) groups is 2. The van der Waals surface area contributed by atoms with Gasteiger partial charge in [0.15, 0.2) is 0 Å². The third-order valence-corrected chi connectivity index (χ3v) is 1.77. The number of carbonyl (C=O) groups excluding carboxylic acids is 2. The third kappa shape index (κ3) is 9.21. The van der Waals surface area contributed by atoms with Crippen LogP contribution in [0.25, 0.3) is 0 Å². The van der Waals surface area contributed by atoms with Gasteiger partial charge in [0.2, 0.25) is 5.91 Å². The maximum Gasteiger partial charge on any atom is 0.306 e. The van der Waals surface area contributed by atoms with Gasteiger partial charge in [-0.25, -0.2) is 0 Å². The fourth-order valence-corrected chi connectivity index (χ4v) is 1.00. The Balaban J connectivity index is 3.36. The summed E-state index contributed by atoms with van der Waals surface area (Å²) in [5, 5.41) is 11.1. The maximum absolute atomic E-state index is 11.1. The zero-order valence-electron chi connectivity index (χ0n) is 9.12. The Kier molecular flexibility index (Phi) is 8.76. The van der Waals surface area contributed by atoms with Crippen LogP contribution < -0.4 is 5.32 Å². The molecule has 5 heteroatoms. The number of rotatable bonds is 8. The lowest BCUT2D eigenvalue weighted by molar-refractivity contribution is -0.144. The highest BCUT2D eigenvalue weighted by Gasteiger charge is 2.06. The molecule has 15 heavy (non-hydrogen) atoms. The van der Waals surface area contributed by atoms with Crippen LogP contribution in [0.15, 0.2) is 0 Å². The van der Waals surface area contributed by atoms with Gasteiger partial charge in [0.25, 0.3) is 0 Å². The molecule has 0 aliphatic carbocycles. The molecule has 0 aromatic heterocycles. The van der Waals surface area contributed by atoms with Crippen LogP contribution in [0.1, 0.15) is 32.6 Å². The molecule has 0 radical (unpaired) electrons. The monoisotopic (exact) mass is 217 g/mol. The summed E-state index contributed by atoms with van der Waals surface area (Å²) in [7, 11) is 0. The molecule has 0 aromatic carbocycles. The highest BCUT2D eigenvalue weighted by atomic mass is 16.5. The van der Waals surface area contributed by atoms with Gasteiger partial charge >= 0.3 is 5.97 Å². The predicted octanol–water partition coefficient (Wildman–Crippen LogP) is 0.218. The zero-order valence-corrected chi connectivity index (χ0v) is 9.12. The van der Waals surface area contributed by atoms with Crippen LogP contribution in [0.3, 0.4) is 0 Å². The second-order valence-electron chi connectivity index (χ2n) is 3.09. The first-order valence-electron chi connectivity index (χ1n) is 5.24. The van der Waals surface area contributed by atoms with E-state index in [1.54, 1.807) is 6.92 Å². The number of hydrogen-bond acceptors (Lipinski definition) is 4. The number of aliphatic hydroxyl groups is 1. The predicted molar refractivity (Wildman–Crippen MR) is 55.2 cm³/mol. The molecule has 0 fully saturated rings. The summed E-state index contributed by atoms with van der Waals surface area (Å²) in [6.45, 7) is 2.75. The molecular weight excluding hydrogens is 198 g/mol. The lowest BCUT2D eigenvalue weighted by Gasteiger charge is -2.04. The van der Waals surface area contributed by atoms with E-state index in [2.05, 4.69) is 10.1 Å². The van der Waals surface area contributed by atoms with Gasteiger partial charge in [0.05, 0.1) is 13.0 Å². The highest BCUT2D eigenvalue weighted by Crippen LogP contribution is 1.93. The fourth-order valence-electron chi connectivity index (χ4n) is 1.00. The van der Waals surface area contributed by atoms with Gasteiger partial charge in [0.1, 0.15) is 0 Å². The molecule has 0 atom stereocenters. The Bertz CT molecular complexity index is 194. The molecule has 1 amide bonds. The summed E-state index contributed by atoms with van der Waals surface area (Å²) < 4.78 is 4.68. The van der Waals surface area contributed by atoms with Crippen LogP contribution in [0.4, 0.5) is 0 Å². The van der Waals surface area contributed by atoms with Crippen LogP contribution >= 0.6 is 0 Å². The Labute approximate surface area is 89.8 Å². The highest BCUT2D eigenvalue weighted by molar-refractivity contribution is 5.81. The topological polar surface area (TPSA) is 75.6 Å². The van der Waals surface area contributed by atoms with Crippen molar-refractivity contribution in [3.63, 3.8) is 0 Å². The van der Waals surface area contributed by atoms with Crippen molar-refractivity contribution in [1.29, 1.82) is 0 Å². The van der Waals surface area contributed by atoms with Crippen LogP contribution in [-0.4, -0.2) is 36.7 Å². The van der Waals surface area contributed by atoms with Gasteiger partial charge < -0.3 is 15.2 Å². The number of esters is 1. The van der Waals surface area contributed by atoms with Crippen molar-refractivity contribution in [2.24, 2.45) is 0 Å². The molecule has 0 heterocycles. The zero-order chi connectivity index (χ0) is 11.5. The van der Waals surface area contributed by atoms with E-state index in [9.17, 15) is 9.59 Å². The number of aliphatic hydroxyl groups excluding tert-OH is 1. The van der Waals surface area contributed by atoms with Gasteiger partial charge in [-0.3, -0.25) is 9.59 Å². The average Bonchev–Trinajstić information content (AvgIpc) is 2.22. The Morgan fingerprint density at radius 2 is 2.00 bits per heavy atom. The van der Waals surface area contributed by atoms with E-state index in [4.69, 9.17) is 5.11 Å². The molecule has 5 nitrogen and oxygen atoms in total. The van der Waals surface area contributed by atoms with Gasteiger partial charge in [-0.1, -0.05) is 0 Å². The van der Waals surface area contributed by atoms with E-state index >= 15 is 0 Å². The molecule has 0 aliphatic heterocycles. The van der Waals surface area contributed by atoms with Crippen molar-refractivity contribution < 1.29 is 19.4 Å². The standard InChI is InChI=1S/C10H19NO4/c1-2-15-10(14)6-5-9(13)11-7-3-4-8-12/h12H,2-8H2,1H3,(H,11,13). The maximum atomic E-state index is 11.1. The minimum atomic E-state index is -0.344. The summed E-state index contributed by atoms with van der Waals surface area (Å²) in [6, 6.07) is 0. The van der Waals surface area contributed by atoms with Crippen molar-refractivity contribution in [3.05, 3.63) is 0 Å². The van der Waals surface area contributed by atoms with Gasteiger partial charge in [-0.2, -0.15) is 0 Å². The molecule has 0 aromatic rings. The minimum absolute atomic E-state index is 0.125. The number of hydrogen-bond donors (Lipinski definition) is 2. The molecule has 0 rings (SSSR count). The summed E-state index contributed by atoms with van der Waals surface area (Å²) in [5.74, 6) is -0.496. The molecular formula is C10H19NO4. The molecule has 0 spiro atoms. The summed E-state index contributed by atoms with van der Waals surface area (Å²) in [5.41, 5.74) is 0. The van der Waals surface area contributed by atoms with Crippen LogP contribution in [0.2, 0.25) is 0 Å². The van der Waals surface area contributed by atoms with E-state index in [1.165, 1.54) is 0 Å². The smallest absolute Gasteiger partial charge is 0.306 e. The SMILES string of the molecule is CCOC(=O)CCC(=O)NCCCCO. The van der Waals surface area contributed by atoms with Crippen LogP contribution in [0, 0.1) is 0 Å². The third-order valence-electron chi connectivity index (χ3n) is 1.77. The molecule has 88 valence electrons. The lowest BCUT2D eigenvalue weighted by Crippen LogP contribution is -2.25. The molecule has 0 unspecified atom stereocenters. The first-order valence-corrected chi connectivity index (χ1v) is 5.24. The van der Waals surface area contributed by atoms with Crippen molar-refractivity contribution in [2.45, 2.75) is 32.6 Å². The Morgan fingerprint density at radius 3 is 2.60 bits per heavy atom. The summed E-state index contributed by atoms with van der Waals surface area (Å²) in [4.78, 5) is 22.0. The summed E-state index contributed by atoms with van der Waals surface area (Å²) >= 11 is 0. The van der Waals surface area contributed by atoms with E-state index in [0.29, 0.717) is 19.6 Å². The summed E-state index contributed by atoms with van der Waals surface area (Å²) in [6.07, 6.45) is 1.72. The Morgan fingerprint density at radius 1 is 1.27 bits per heavy atom. The second-order valence-corrected chi connectivity index (χ2v) is 3.09. The molecule has 0 bridgehead atoms.